The molecule has 1 N–H and O–H groups in total. The second-order valence-corrected chi connectivity index (χ2v) is 8.23. The SMILES string of the molecule is O=C(Nc1ccc(OCc2cccs2)cc1)N(Cc1cccnc1)C[C@@H]1CCCO1. The highest BCUT2D eigenvalue weighted by Gasteiger charge is 2.23. The van der Waals surface area contributed by atoms with Crippen molar-refractivity contribution in [2.24, 2.45) is 0 Å². The third-order valence-electron chi connectivity index (χ3n) is 4.90. The number of benzene rings is 1. The average molecular weight is 424 g/mol. The molecule has 1 saturated heterocycles. The Hall–Kier alpha value is -2.90. The van der Waals surface area contributed by atoms with Crippen LogP contribution in [0.4, 0.5) is 10.5 Å². The molecule has 1 atom stereocenters. The third kappa shape index (κ3) is 5.81. The molecule has 3 aromatic rings. The van der Waals surface area contributed by atoms with Gasteiger partial charge < -0.3 is 19.7 Å². The first-order chi connectivity index (χ1) is 14.8. The van der Waals surface area contributed by atoms with Crippen molar-refractivity contribution in [3.63, 3.8) is 0 Å². The summed E-state index contributed by atoms with van der Waals surface area (Å²) in [4.78, 5) is 20.1. The van der Waals surface area contributed by atoms with Crippen molar-refractivity contribution in [1.82, 2.24) is 9.88 Å². The summed E-state index contributed by atoms with van der Waals surface area (Å²) < 4.78 is 11.5. The molecule has 156 valence electrons. The lowest BCUT2D eigenvalue weighted by molar-refractivity contribution is 0.0819. The topological polar surface area (TPSA) is 63.7 Å². The molecule has 0 spiro atoms. The molecule has 7 heteroatoms. The van der Waals surface area contributed by atoms with E-state index >= 15 is 0 Å². The zero-order valence-corrected chi connectivity index (χ0v) is 17.5. The molecule has 0 unspecified atom stereocenters. The Kier molecular flexibility index (Phi) is 6.95. The molecule has 0 radical (unpaired) electrons. The van der Waals surface area contributed by atoms with Crippen LogP contribution in [-0.2, 0) is 17.9 Å². The number of nitrogens with zero attached hydrogens (tertiary/aromatic N) is 2. The normalized spacial score (nSPS) is 15.7. The first kappa shape index (κ1) is 20.4. The van der Waals surface area contributed by atoms with Gasteiger partial charge in [0.15, 0.2) is 0 Å². The smallest absolute Gasteiger partial charge is 0.322 e. The van der Waals surface area contributed by atoms with E-state index in [-0.39, 0.29) is 12.1 Å². The quantitative estimate of drug-likeness (QED) is 0.558. The number of nitrogens with one attached hydrogen (secondary N) is 1. The van der Waals surface area contributed by atoms with Gasteiger partial charge in [-0.1, -0.05) is 12.1 Å². The van der Waals surface area contributed by atoms with Crippen LogP contribution in [0.1, 0.15) is 23.3 Å². The number of carbonyl (C=O) groups is 1. The number of pyridine rings is 1. The van der Waals surface area contributed by atoms with Crippen LogP contribution < -0.4 is 10.1 Å². The summed E-state index contributed by atoms with van der Waals surface area (Å²) in [7, 11) is 0. The van der Waals surface area contributed by atoms with Gasteiger partial charge in [-0.2, -0.15) is 0 Å². The highest BCUT2D eigenvalue weighted by molar-refractivity contribution is 7.09. The van der Waals surface area contributed by atoms with Gasteiger partial charge in [-0.3, -0.25) is 4.98 Å². The average Bonchev–Trinajstić information content (AvgIpc) is 3.48. The number of ether oxygens (including phenoxy) is 2. The molecule has 1 aliphatic rings. The lowest BCUT2D eigenvalue weighted by Gasteiger charge is -2.26. The molecule has 1 aliphatic heterocycles. The summed E-state index contributed by atoms with van der Waals surface area (Å²) in [5.41, 5.74) is 1.72. The van der Waals surface area contributed by atoms with Crippen molar-refractivity contribution in [1.29, 1.82) is 0 Å². The summed E-state index contributed by atoms with van der Waals surface area (Å²) in [5.74, 6) is 0.771. The van der Waals surface area contributed by atoms with Gasteiger partial charge in [-0.15, -0.1) is 11.3 Å². The highest BCUT2D eigenvalue weighted by Crippen LogP contribution is 2.20. The van der Waals surface area contributed by atoms with Crippen LogP contribution in [0.2, 0.25) is 0 Å². The Morgan fingerprint density at radius 2 is 2.13 bits per heavy atom. The second kappa shape index (κ2) is 10.2. The van der Waals surface area contributed by atoms with E-state index in [0.717, 1.165) is 36.4 Å². The van der Waals surface area contributed by atoms with Gasteiger partial charge in [0.2, 0.25) is 0 Å². The minimum Gasteiger partial charge on any atom is -0.488 e. The summed E-state index contributed by atoms with van der Waals surface area (Å²) in [6.07, 6.45) is 5.62. The molecular weight excluding hydrogens is 398 g/mol. The molecule has 0 saturated carbocycles. The third-order valence-corrected chi connectivity index (χ3v) is 5.75. The number of amides is 2. The predicted octanol–water partition coefficient (Wildman–Crippen LogP) is 4.94. The predicted molar refractivity (Wildman–Crippen MR) is 118 cm³/mol. The number of thiophene rings is 1. The minimum absolute atomic E-state index is 0.0837. The fourth-order valence-electron chi connectivity index (χ4n) is 3.35. The van der Waals surface area contributed by atoms with Crippen LogP contribution in [0, 0.1) is 0 Å². The van der Waals surface area contributed by atoms with Crippen LogP contribution in [0.15, 0.2) is 66.3 Å². The fraction of sp³-hybridized carbons (Fsp3) is 0.304. The zero-order chi connectivity index (χ0) is 20.6. The Morgan fingerprint density at radius 3 is 2.83 bits per heavy atom. The zero-order valence-electron chi connectivity index (χ0n) is 16.7. The molecule has 2 aromatic heterocycles. The van der Waals surface area contributed by atoms with Gasteiger partial charge in [0.25, 0.3) is 0 Å². The summed E-state index contributed by atoms with van der Waals surface area (Å²) in [5, 5.41) is 5.02. The van der Waals surface area contributed by atoms with Gasteiger partial charge in [0.1, 0.15) is 12.4 Å². The minimum atomic E-state index is -0.151. The van der Waals surface area contributed by atoms with Crippen molar-refractivity contribution in [3.8, 4) is 5.75 Å². The Morgan fingerprint density at radius 1 is 1.23 bits per heavy atom. The molecule has 3 heterocycles. The van der Waals surface area contributed by atoms with E-state index in [0.29, 0.717) is 19.7 Å². The first-order valence-corrected chi connectivity index (χ1v) is 11.0. The molecule has 1 aromatic carbocycles. The molecule has 0 aliphatic carbocycles. The fourth-order valence-corrected chi connectivity index (χ4v) is 3.97. The van der Waals surface area contributed by atoms with Crippen LogP contribution in [0.5, 0.6) is 5.75 Å². The van der Waals surface area contributed by atoms with E-state index in [2.05, 4.69) is 10.3 Å². The molecule has 0 bridgehead atoms. The van der Waals surface area contributed by atoms with Gasteiger partial charge in [-0.25, -0.2) is 4.79 Å². The maximum Gasteiger partial charge on any atom is 0.322 e. The van der Waals surface area contributed by atoms with Crippen molar-refractivity contribution < 1.29 is 14.3 Å². The van der Waals surface area contributed by atoms with Crippen molar-refractivity contribution in [3.05, 3.63) is 76.7 Å². The second-order valence-electron chi connectivity index (χ2n) is 7.20. The van der Waals surface area contributed by atoms with Crippen molar-refractivity contribution in [2.75, 3.05) is 18.5 Å². The molecule has 30 heavy (non-hydrogen) atoms. The summed E-state index contributed by atoms with van der Waals surface area (Å²) >= 11 is 1.67. The highest BCUT2D eigenvalue weighted by atomic mass is 32.1. The lowest BCUT2D eigenvalue weighted by Crippen LogP contribution is -2.39. The Balaban J connectivity index is 1.36. The Labute approximate surface area is 180 Å². The number of aromatic nitrogens is 1. The number of hydrogen-bond donors (Lipinski definition) is 1. The Bertz CT molecular complexity index is 911. The standard InChI is InChI=1S/C23H25N3O3S/c27-23(25-19-7-9-20(10-8-19)29-17-22-6-3-13-30-22)26(16-21-5-2-12-28-21)15-18-4-1-11-24-14-18/h1,3-4,6-11,13-14,21H,2,5,12,15-17H2,(H,25,27)/t21-/m0/s1. The summed E-state index contributed by atoms with van der Waals surface area (Å²) in [6.45, 7) is 2.36. The van der Waals surface area contributed by atoms with Crippen molar-refractivity contribution >= 4 is 23.1 Å². The molecule has 6 nitrogen and oxygen atoms in total. The maximum atomic E-state index is 13.0. The monoisotopic (exact) mass is 423 g/mol. The van der Waals surface area contributed by atoms with Crippen molar-refractivity contribution in [2.45, 2.75) is 32.1 Å². The van der Waals surface area contributed by atoms with E-state index < -0.39 is 0 Å². The van der Waals surface area contributed by atoms with Crippen LogP contribution in [0.25, 0.3) is 0 Å². The van der Waals surface area contributed by atoms with Gasteiger partial charge in [0.05, 0.1) is 6.10 Å². The van der Waals surface area contributed by atoms with E-state index in [1.165, 1.54) is 4.88 Å². The van der Waals surface area contributed by atoms with E-state index in [1.807, 2.05) is 53.9 Å². The number of carbonyl (C=O) groups excluding carboxylic acids is 1. The number of anilines is 1. The molecular formula is C23H25N3O3S. The molecule has 2 amide bonds. The van der Waals surface area contributed by atoms with E-state index in [1.54, 1.807) is 28.6 Å². The number of urea groups is 1. The van der Waals surface area contributed by atoms with E-state index in [4.69, 9.17) is 9.47 Å². The lowest BCUT2D eigenvalue weighted by atomic mass is 10.2. The van der Waals surface area contributed by atoms with Gasteiger partial charge >= 0.3 is 6.03 Å². The van der Waals surface area contributed by atoms with Crippen LogP contribution in [-0.4, -0.2) is 35.2 Å². The van der Waals surface area contributed by atoms with Crippen LogP contribution in [0.3, 0.4) is 0 Å². The number of rotatable bonds is 8. The van der Waals surface area contributed by atoms with Crippen LogP contribution >= 0.6 is 11.3 Å². The van der Waals surface area contributed by atoms with Gasteiger partial charge in [0, 0.05) is 42.7 Å². The largest absolute Gasteiger partial charge is 0.488 e. The first-order valence-electron chi connectivity index (χ1n) is 10.1. The van der Waals surface area contributed by atoms with E-state index in [9.17, 15) is 4.79 Å². The summed E-state index contributed by atoms with van der Waals surface area (Å²) in [6, 6.07) is 15.2. The maximum absolute atomic E-state index is 13.0. The molecule has 4 rings (SSSR count). The number of hydrogen-bond acceptors (Lipinski definition) is 5. The molecule has 1 fully saturated rings. The van der Waals surface area contributed by atoms with Gasteiger partial charge in [-0.05, 0) is 60.2 Å².